The van der Waals surface area contributed by atoms with Crippen molar-refractivity contribution in [3.63, 3.8) is 0 Å². The van der Waals surface area contributed by atoms with Gasteiger partial charge in [0.05, 0.1) is 0 Å². The second-order valence-electron chi connectivity index (χ2n) is 3.08. The lowest BCUT2D eigenvalue weighted by Crippen LogP contribution is -2.11. The highest BCUT2D eigenvalue weighted by atomic mass is 16.6. The van der Waals surface area contributed by atoms with E-state index in [1.165, 1.54) is 0 Å². The Morgan fingerprint density at radius 2 is 2.25 bits per heavy atom. The monoisotopic (exact) mass is 225 g/mol. The second-order valence-corrected chi connectivity index (χ2v) is 3.08. The average Bonchev–Trinajstić information content (AvgIpc) is 2.62. The molecular weight excluding hydrogens is 214 g/mol. The molecule has 86 valence electrons. The molecule has 0 aromatic carbocycles. The second kappa shape index (κ2) is 3.91. The first kappa shape index (κ1) is 10.6. The zero-order chi connectivity index (χ0) is 11.7. The molecule has 1 unspecified atom stereocenters. The molecule has 2 aromatic rings. The van der Waals surface area contributed by atoms with Gasteiger partial charge in [-0.3, -0.25) is 9.78 Å². The number of aromatic amines is 2. The first-order valence-electron chi connectivity index (χ1n) is 4.67. The summed E-state index contributed by atoms with van der Waals surface area (Å²) >= 11 is 0. The molecule has 0 amide bonds. The van der Waals surface area contributed by atoms with Crippen LogP contribution in [0.2, 0.25) is 0 Å². The molecule has 2 aromatic heterocycles. The lowest BCUT2D eigenvalue weighted by molar-refractivity contribution is -0.103. The van der Waals surface area contributed by atoms with Crippen LogP contribution in [0.5, 0.6) is 0 Å². The first-order chi connectivity index (χ1) is 7.61. The summed E-state index contributed by atoms with van der Waals surface area (Å²) in [5.74, 6) is 0.0990. The molecular formula is C8H11N5O3. The summed E-state index contributed by atoms with van der Waals surface area (Å²) in [6.07, 6.45) is -1.21. The van der Waals surface area contributed by atoms with Gasteiger partial charge in [0.25, 0.3) is 5.56 Å². The van der Waals surface area contributed by atoms with Crippen LogP contribution in [0.25, 0.3) is 11.2 Å². The molecule has 2 rings (SSSR count). The Morgan fingerprint density at radius 1 is 1.50 bits per heavy atom. The van der Waals surface area contributed by atoms with Gasteiger partial charge in [-0.05, 0) is 6.92 Å². The Labute approximate surface area is 89.5 Å². The summed E-state index contributed by atoms with van der Waals surface area (Å²) in [6, 6.07) is 0. The van der Waals surface area contributed by atoms with Crippen LogP contribution in [0.4, 0.5) is 5.95 Å². The van der Waals surface area contributed by atoms with Gasteiger partial charge in [0, 0.05) is 6.61 Å². The lowest BCUT2D eigenvalue weighted by Gasteiger charge is -2.05. The maximum Gasteiger partial charge on any atom is 0.278 e. The zero-order valence-corrected chi connectivity index (χ0v) is 8.52. The molecule has 16 heavy (non-hydrogen) atoms. The number of H-pyrrole nitrogens is 2. The predicted molar refractivity (Wildman–Crippen MR) is 55.5 cm³/mol. The third kappa shape index (κ3) is 1.75. The average molecular weight is 225 g/mol. The van der Waals surface area contributed by atoms with Crippen LogP contribution in [0.15, 0.2) is 4.79 Å². The van der Waals surface area contributed by atoms with Crippen molar-refractivity contribution in [3.05, 3.63) is 16.2 Å². The lowest BCUT2D eigenvalue weighted by atomic mass is 10.5. The molecule has 0 radical (unpaired) electrons. The molecule has 0 fully saturated rings. The number of aliphatic hydroxyl groups is 1. The van der Waals surface area contributed by atoms with Crippen molar-refractivity contribution in [3.8, 4) is 0 Å². The quantitative estimate of drug-likeness (QED) is 0.509. The number of rotatable bonds is 3. The van der Waals surface area contributed by atoms with Crippen LogP contribution in [0.3, 0.4) is 0 Å². The van der Waals surface area contributed by atoms with Crippen molar-refractivity contribution in [1.82, 2.24) is 19.9 Å². The summed E-state index contributed by atoms with van der Waals surface area (Å²) < 4.78 is 4.92. The molecule has 2 heterocycles. The SMILES string of the molecule is CCOC(O)c1nc2nc(N)[nH]c(=O)c2[nH]1. The standard InChI is InChI=1S/C8H11N5O3/c1-2-16-7(15)5-10-3-4(11-5)12-8(9)13-6(3)14/h7,15H,2H2,1H3,(H4,9,10,11,12,13,14). The number of aromatic nitrogens is 4. The maximum absolute atomic E-state index is 11.4. The van der Waals surface area contributed by atoms with Crippen molar-refractivity contribution < 1.29 is 9.84 Å². The van der Waals surface area contributed by atoms with Gasteiger partial charge in [-0.1, -0.05) is 0 Å². The molecule has 1 atom stereocenters. The number of nitrogens with one attached hydrogen (secondary N) is 2. The highest BCUT2D eigenvalue weighted by Gasteiger charge is 2.15. The number of hydrogen-bond donors (Lipinski definition) is 4. The summed E-state index contributed by atoms with van der Waals surface area (Å²) in [4.78, 5) is 24.1. The Morgan fingerprint density at radius 3 is 2.94 bits per heavy atom. The van der Waals surface area contributed by atoms with Gasteiger partial charge >= 0.3 is 0 Å². The van der Waals surface area contributed by atoms with Crippen LogP contribution < -0.4 is 11.3 Å². The van der Waals surface area contributed by atoms with E-state index in [-0.39, 0.29) is 22.9 Å². The molecule has 5 N–H and O–H groups in total. The molecule has 0 bridgehead atoms. The Hall–Kier alpha value is -1.93. The van der Waals surface area contributed by atoms with Crippen LogP contribution in [0.1, 0.15) is 19.0 Å². The van der Waals surface area contributed by atoms with Gasteiger partial charge in [0.1, 0.15) is 0 Å². The van der Waals surface area contributed by atoms with Crippen molar-refractivity contribution in [2.45, 2.75) is 13.2 Å². The Bertz CT molecular complexity index is 560. The largest absolute Gasteiger partial charge is 0.369 e. The Balaban J connectivity index is 2.51. The smallest absolute Gasteiger partial charge is 0.278 e. The summed E-state index contributed by atoms with van der Waals surface area (Å²) in [6.45, 7) is 2.05. The predicted octanol–water partition coefficient (Wildman–Crippen LogP) is -0.744. The normalized spacial score (nSPS) is 13.1. The number of imidazole rings is 1. The van der Waals surface area contributed by atoms with Crippen LogP contribution in [-0.4, -0.2) is 31.6 Å². The minimum atomic E-state index is -1.21. The molecule has 0 saturated heterocycles. The Kier molecular flexibility index (Phi) is 2.59. The van der Waals surface area contributed by atoms with E-state index in [9.17, 15) is 9.90 Å². The van der Waals surface area contributed by atoms with E-state index in [2.05, 4.69) is 19.9 Å². The van der Waals surface area contributed by atoms with E-state index in [0.29, 0.717) is 6.61 Å². The number of nitrogens with zero attached hydrogens (tertiary/aromatic N) is 2. The third-order valence-corrected chi connectivity index (χ3v) is 1.96. The van der Waals surface area contributed by atoms with Gasteiger partial charge in [0.15, 0.2) is 17.0 Å². The van der Waals surface area contributed by atoms with Crippen molar-refractivity contribution in [1.29, 1.82) is 0 Å². The molecule has 0 spiro atoms. The fourth-order valence-corrected chi connectivity index (χ4v) is 1.30. The van der Waals surface area contributed by atoms with Gasteiger partial charge < -0.3 is 20.6 Å². The van der Waals surface area contributed by atoms with E-state index in [1.54, 1.807) is 6.92 Å². The highest BCUT2D eigenvalue weighted by molar-refractivity contribution is 5.70. The summed E-state index contributed by atoms with van der Waals surface area (Å²) in [7, 11) is 0. The highest BCUT2D eigenvalue weighted by Crippen LogP contribution is 2.13. The fourth-order valence-electron chi connectivity index (χ4n) is 1.30. The number of hydrogen-bond acceptors (Lipinski definition) is 6. The fraction of sp³-hybridized carbons (Fsp3) is 0.375. The number of anilines is 1. The summed E-state index contributed by atoms with van der Waals surface area (Å²) in [5.41, 5.74) is 5.22. The first-order valence-corrected chi connectivity index (χ1v) is 4.67. The molecule has 0 aliphatic heterocycles. The van der Waals surface area contributed by atoms with Crippen LogP contribution in [0, 0.1) is 0 Å². The van der Waals surface area contributed by atoms with Crippen molar-refractivity contribution in [2.75, 3.05) is 12.3 Å². The minimum Gasteiger partial charge on any atom is -0.369 e. The number of aliphatic hydroxyl groups excluding tert-OH is 1. The van der Waals surface area contributed by atoms with E-state index < -0.39 is 11.8 Å². The van der Waals surface area contributed by atoms with E-state index in [1.807, 2.05) is 0 Å². The topological polar surface area (TPSA) is 130 Å². The van der Waals surface area contributed by atoms with Gasteiger partial charge in [-0.25, -0.2) is 4.98 Å². The minimum absolute atomic E-state index is 0.0264. The number of ether oxygens (including phenoxy) is 1. The molecule has 0 aliphatic carbocycles. The zero-order valence-electron chi connectivity index (χ0n) is 8.52. The van der Waals surface area contributed by atoms with Gasteiger partial charge in [0.2, 0.25) is 12.2 Å². The number of nitrogens with two attached hydrogens (primary N) is 1. The van der Waals surface area contributed by atoms with Gasteiger partial charge in [-0.2, -0.15) is 4.98 Å². The summed E-state index contributed by atoms with van der Waals surface area (Å²) in [5, 5.41) is 9.49. The number of fused-ring (bicyclic) bond motifs is 1. The number of nitrogen functional groups attached to an aromatic ring is 1. The van der Waals surface area contributed by atoms with Crippen LogP contribution >= 0.6 is 0 Å². The van der Waals surface area contributed by atoms with Crippen molar-refractivity contribution >= 4 is 17.1 Å². The molecule has 8 nitrogen and oxygen atoms in total. The third-order valence-electron chi connectivity index (χ3n) is 1.96. The molecule has 0 aliphatic rings. The van der Waals surface area contributed by atoms with E-state index >= 15 is 0 Å². The van der Waals surface area contributed by atoms with Gasteiger partial charge in [-0.15, -0.1) is 0 Å². The van der Waals surface area contributed by atoms with Crippen LogP contribution in [-0.2, 0) is 4.74 Å². The molecule has 8 heteroatoms. The van der Waals surface area contributed by atoms with E-state index in [4.69, 9.17) is 10.5 Å². The van der Waals surface area contributed by atoms with Crippen molar-refractivity contribution in [2.24, 2.45) is 0 Å². The maximum atomic E-state index is 11.4. The molecule has 0 saturated carbocycles. The van der Waals surface area contributed by atoms with E-state index in [0.717, 1.165) is 0 Å².